The quantitative estimate of drug-likeness (QED) is 0.363. The first-order chi connectivity index (χ1) is 13.7. The molecule has 11 heteroatoms. The van der Waals surface area contributed by atoms with Gasteiger partial charge in [-0.3, -0.25) is 4.72 Å². The highest BCUT2D eigenvalue weighted by Gasteiger charge is 2.18. The Bertz CT molecular complexity index is 1160. The minimum atomic E-state index is -3.85. The van der Waals surface area contributed by atoms with Crippen LogP contribution in [0.3, 0.4) is 0 Å². The average Bonchev–Trinajstić information content (AvgIpc) is 3.01. The molecule has 2 aromatic carbocycles. The second-order valence-electron chi connectivity index (χ2n) is 6.02. The van der Waals surface area contributed by atoms with Crippen molar-refractivity contribution in [2.75, 3.05) is 4.72 Å². The Morgan fingerprint density at radius 3 is 2.31 bits per heavy atom. The molecule has 7 N–H and O–H groups in total. The van der Waals surface area contributed by atoms with Crippen LogP contribution in [0.25, 0.3) is 5.69 Å². The predicted molar refractivity (Wildman–Crippen MR) is 113 cm³/mol. The Balaban J connectivity index is 1.87. The third kappa shape index (κ3) is 4.90. The molecule has 3 rings (SSSR count). The fourth-order valence-corrected chi connectivity index (χ4v) is 3.56. The van der Waals surface area contributed by atoms with Crippen molar-refractivity contribution in [3.63, 3.8) is 0 Å². The smallest absolute Gasteiger partial charge is 0.263 e. The van der Waals surface area contributed by atoms with Crippen molar-refractivity contribution in [2.45, 2.75) is 11.8 Å². The number of nitrogens with two attached hydrogens (primary N) is 3. The Kier molecular flexibility index (Phi) is 5.50. The summed E-state index contributed by atoms with van der Waals surface area (Å²) in [5, 5.41) is 4.35. The van der Waals surface area contributed by atoms with Crippen molar-refractivity contribution >= 4 is 33.4 Å². The van der Waals surface area contributed by atoms with E-state index in [2.05, 4.69) is 19.8 Å². The summed E-state index contributed by atoms with van der Waals surface area (Å²) in [5.41, 5.74) is 17.8. The zero-order valence-electron chi connectivity index (χ0n) is 15.5. The van der Waals surface area contributed by atoms with Gasteiger partial charge in [0.25, 0.3) is 10.0 Å². The maximum Gasteiger partial charge on any atom is 0.263 e. The fourth-order valence-electron chi connectivity index (χ4n) is 2.52. The number of benzene rings is 2. The number of nitrogens with one attached hydrogen (secondary N) is 1. The van der Waals surface area contributed by atoms with Gasteiger partial charge in [-0.1, -0.05) is 18.2 Å². The van der Waals surface area contributed by atoms with E-state index in [1.165, 1.54) is 28.9 Å². The molecular formula is C18H20N8O2S. The first kappa shape index (κ1) is 19.9. The summed E-state index contributed by atoms with van der Waals surface area (Å²) >= 11 is 0. The van der Waals surface area contributed by atoms with Gasteiger partial charge in [0.2, 0.25) is 5.96 Å². The second-order valence-corrected chi connectivity index (χ2v) is 7.71. The summed E-state index contributed by atoms with van der Waals surface area (Å²) in [4.78, 5) is 7.63. The van der Waals surface area contributed by atoms with Crippen LogP contribution in [0.2, 0.25) is 0 Å². The normalized spacial score (nSPS) is 11.8. The molecule has 0 fully saturated rings. The van der Waals surface area contributed by atoms with Gasteiger partial charge in [-0.15, -0.1) is 0 Å². The Morgan fingerprint density at radius 1 is 1.03 bits per heavy atom. The van der Waals surface area contributed by atoms with Crippen LogP contribution in [0.5, 0.6) is 0 Å². The standard InChI is InChI=1S/C18H20N8O2S/c1-12-11-16(26(24-12)14-5-3-2-4-6-14)25-29(27,28)15-9-7-13(8-10-15)22-18(21)23-17(19)20/h2-11,25H,1H3,(H6,19,20,21,22,23). The molecule has 0 amide bonds. The summed E-state index contributed by atoms with van der Waals surface area (Å²) in [5.74, 6) is -0.0336. The number of aryl methyl sites for hydroxylation is 1. The third-order valence-electron chi connectivity index (χ3n) is 3.71. The van der Waals surface area contributed by atoms with Crippen LogP contribution >= 0.6 is 0 Å². The van der Waals surface area contributed by atoms with Crippen molar-refractivity contribution in [1.82, 2.24) is 9.78 Å². The number of nitrogens with zero attached hydrogens (tertiary/aromatic N) is 4. The van der Waals surface area contributed by atoms with E-state index in [0.29, 0.717) is 17.2 Å². The predicted octanol–water partition coefficient (Wildman–Crippen LogP) is 1.20. The summed E-state index contributed by atoms with van der Waals surface area (Å²) in [7, 11) is -3.85. The van der Waals surface area contributed by atoms with E-state index in [1.54, 1.807) is 13.0 Å². The molecule has 0 aliphatic rings. The van der Waals surface area contributed by atoms with E-state index >= 15 is 0 Å². The van der Waals surface area contributed by atoms with Gasteiger partial charge in [-0.2, -0.15) is 10.1 Å². The van der Waals surface area contributed by atoms with E-state index in [1.807, 2.05) is 30.3 Å². The minimum Gasteiger partial charge on any atom is -0.370 e. The lowest BCUT2D eigenvalue weighted by molar-refractivity contribution is 0.600. The molecule has 0 unspecified atom stereocenters. The van der Waals surface area contributed by atoms with Gasteiger partial charge in [0.15, 0.2) is 5.96 Å². The summed E-state index contributed by atoms with van der Waals surface area (Å²) in [6, 6.07) is 16.7. The number of aromatic nitrogens is 2. The number of anilines is 1. The number of hydrogen-bond donors (Lipinski definition) is 4. The largest absolute Gasteiger partial charge is 0.370 e. The number of guanidine groups is 2. The van der Waals surface area contributed by atoms with Crippen LogP contribution in [-0.4, -0.2) is 30.1 Å². The molecule has 0 spiro atoms. The Hall–Kier alpha value is -3.86. The van der Waals surface area contributed by atoms with Gasteiger partial charge >= 0.3 is 0 Å². The lowest BCUT2D eigenvalue weighted by Gasteiger charge is -2.10. The minimum absolute atomic E-state index is 0.0512. The summed E-state index contributed by atoms with van der Waals surface area (Å²) in [6.45, 7) is 1.78. The zero-order valence-corrected chi connectivity index (χ0v) is 16.3. The van der Waals surface area contributed by atoms with Gasteiger partial charge in [-0.05, 0) is 43.3 Å². The molecule has 1 heterocycles. The molecule has 1 aromatic heterocycles. The molecule has 0 radical (unpaired) electrons. The van der Waals surface area contributed by atoms with E-state index in [-0.39, 0.29) is 16.8 Å². The molecule has 0 atom stereocenters. The zero-order chi connectivity index (χ0) is 21.0. The highest BCUT2D eigenvalue weighted by atomic mass is 32.2. The molecule has 0 saturated carbocycles. The lowest BCUT2D eigenvalue weighted by atomic mass is 10.3. The molecule has 3 aromatic rings. The molecule has 0 aliphatic heterocycles. The van der Waals surface area contributed by atoms with Crippen LogP contribution < -0.4 is 21.9 Å². The van der Waals surface area contributed by atoms with Crippen molar-refractivity contribution in [3.05, 3.63) is 66.4 Å². The number of sulfonamides is 1. The molecule has 0 saturated heterocycles. The van der Waals surface area contributed by atoms with Crippen molar-refractivity contribution in [3.8, 4) is 5.69 Å². The highest BCUT2D eigenvalue weighted by Crippen LogP contribution is 2.22. The lowest BCUT2D eigenvalue weighted by Crippen LogP contribution is -2.26. The van der Waals surface area contributed by atoms with Gasteiger partial charge in [-0.25, -0.2) is 18.1 Å². The maximum atomic E-state index is 12.8. The molecule has 10 nitrogen and oxygen atoms in total. The SMILES string of the molecule is Cc1cc(NS(=O)(=O)c2ccc(N=C(N)N=C(N)N)cc2)n(-c2ccccc2)n1. The van der Waals surface area contributed by atoms with E-state index in [9.17, 15) is 8.42 Å². The monoisotopic (exact) mass is 412 g/mol. The fraction of sp³-hybridized carbons (Fsp3) is 0.0556. The molecule has 0 aliphatic carbocycles. The van der Waals surface area contributed by atoms with E-state index in [4.69, 9.17) is 17.2 Å². The third-order valence-corrected chi connectivity index (χ3v) is 5.08. The van der Waals surface area contributed by atoms with Gasteiger partial charge in [0.1, 0.15) is 5.82 Å². The maximum absolute atomic E-state index is 12.8. The first-order valence-electron chi connectivity index (χ1n) is 8.43. The second kappa shape index (κ2) is 8.02. The summed E-state index contributed by atoms with van der Waals surface area (Å²) < 4.78 is 29.7. The van der Waals surface area contributed by atoms with Gasteiger partial charge < -0.3 is 17.2 Å². The molecule has 150 valence electrons. The number of para-hydroxylation sites is 1. The first-order valence-corrected chi connectivity index (χ1v) is 9.92. The molecule has 0 bridgehead atoms. The average molecular weight is 412 g/mol. The van der Waals surface area contributed by atoms with Crippen LogP contribution in [0.4, 0.5) is 11.5 Å². The van der Waals surface area contributed by atoms with Crippen molar-refractivity contribution in [2.24, 2.45) is 27.2 Å². The van der Waals surface area contributed by atoms with Crippen LogP contribution in [0.1, 0.15) is 5.69 Å². The van der Waals surface area contributed by atoms with Crippen molar-refractivity contribution < 1.29 is 8.42 Å². The van der Waals surface area contributed by atoms with Gasteiger partial charge in [0, 0.05) is 6.07 Å². The van der Waals surface area contributed by atoms with Crippen LogP contribution in [-0.2, 0) is 10.0 Å². The topological polar surface area (TPSA) is 167 Å². The summed E-state index contributed by atoms with van der Waals surface area (Å²) in [6.07, 6.45) is 0. The Morgan fingerprint density at radius 2 is 1.69 bits per heavy atom. The van der Waals surface area contributed by atoms with E-state index in [0.717, 1.165) is 5.69 Å². The molecular weight excluding hydrogens is 392 g/mol. The number of rotatable bonds is 5. The number of aliphatic imine (C=N–C) groups is 2. The van der Waals surface area contributed by atoms with Crippen LogP contribution in [0, 0.1) is 6.92 Å². The number of hydrogen-bond acceptors (Lipinski definition) is 4. The highest BCUT2D eigenvalue weighted by molar-refractivity contribution is 7.92. The van der Waals surface area contributed by atoms with Gasteiger partial charge in [0.05, 0.1) is 22.0 Å². The van der Waals surface area contributed by atoms with E-state index < -0.39 is 10.0 Å². The van der Waals surface area contributed by atoms with Crippen molar-refractivity contribution in [1.29, 1.82) is 0 Å². The molecule has 29 heavy (non-hydrogen) atoms. The Labute approximate surface area is 167 Å². The van der Waals surface area contributed by atoms with Crippen LogP contribution in [0.15, 0.2) is 75.5 Å².